The fraction of sp³-hybridized carbons (Fsp3) is 0.565. The van der Waals surface area contributed by atoms with Crippen LogP contribution in [0.4, 0.5) is 0 Å². The molecule has 0 bridgehead atoms. The number of benzene rings is 1. The van der Waals surface area contributed by atoms with Crippen LogP contribution in [0.1, 0.15) is 49.6 Å². The Labute approximate surface area is 180 Å². The quantitative estimate of drug-likeness (QED) is 0.572. The van der Waals surface area contributed by atoms with Gasteiger partial charge in [0.2, 0.25) is 5.89 Å². The Morgan fingerprint density at radius 2 is 1.87 bits per heavy atom. The summed E-state index contributed by atoms with van der Waals surface area (Å²) in [6, 6.07) is 8.49. The molecule has 1 amide bonds. The lowest BCUT2D eigenvalue weighted by Crippen LogP contribution is -2.36. The molecule has 0 fully saturated rings. The molecule has 166 valence electrons. The van der Waals surface area contributed by atoms with E-state index in [0.29, 0.717) is 43.2 Å². The molecule has 1 aromatic carbocycles. The van der Waals surface area contributed by atoms with Gasteiger partial charge in [-0.15, -0.1) is 0 Å². The number of carbonyl (C=O) groups is 1. The molecule has 1 atom stereocenters. The number of hydrogen-bond donors (Lipinski definition) is 1. The van der Waals surface area contributed by atoms with Gasteiger partial charge in [0.05, 0.1) is 13.2 Å². The predicted molar refractivity (Wildman–Crippen MR) is 119 cm³/mol. The molecule has 0 radical (unpaired) electrons. The van der Waals surface area contributed by atoms with Crippen LogP contribution in [0.5, 0.6) is 5.75 Å². The number of oxazole rings is 1. The fourth-order valence-electron chi connectivity index (χ4n) is 3.00. The lowest BCUT2D eigenvalue weighted by Gasteiger charge is -2.30. The number of hydrogen-bond acceptors (Lipinski definition) is 6. The third kappa shape index (κ3) is 7.46. The molecule has 0 aliphatic heterocycles. The number of ether oxygens (including phenoxy) is 1. The van der Waals surface area contributed by atoms with Crippen LogP contribution in [0.15, 0.2) is 34.9 Å². The molecule has 1 aromatic heterocycles. The van der Waals surface area contributed by atoms with E-state index >= 15 is 0 Å². The molecule has 0 saturated carbocycles. The summed E-state index contributed by atoms with van der Waals surface area (Å²) >= 11 is 0. The summed E-state index contributed by atoms with van der Waals surface area (Å²) in [5, 5.41) is 2.86. The molecule has 0 saturated heterocycles. The van der Waals surface area contributed by atoms with Crippen LogP contribution >= 0.6 is 0 Å². The zero-order valence-corrected chi connectivity index (χ0v) is 19.1. The van der Waals surface area contributed by atoms with Gasteiger partial charge in [0.1, 0.15) is 12.0 Å². The number of amides is 1. The minimum absolute atomic E-state index is 0.207. The second-order valence-electron chi connectivity index (χ2n) is 8.15. The van der Waals surface area contributed by atoms with Gasteiger partial charge in [-0.1, -0.05) is 26.0 Å². The van der Waals surface area contributed by atoms with E-state index < -0.39 is 0 Å². The molecule has 2 aromatic rings. The number of nitrogens with one attached hydrogen (secondary N) is 1. The van der Waals surface area contributed by atoms with E-state index in [2.05, 4.69) is 48.1 Å². The summed E-state index contributed by atoms with van der Waals surface area (Å²) in [6.07, 6.45) is 1.44. The van der Waals surface area contributed by atoms with E-state index in [1.165, 1.54) is 11.8 Å². The average molecular weight is 417 g/mol. The van der Waals surface area contributed by atoms with Gasteiger partial charge in [0, 0.05) is 25.7 Å². The Morgan fingerprint density at radius 1 is 1.17 bits per heavy atom. The Bertz CT molecular complexity index is 771. The Morgan fingerprint density at radius 3 is 2.47 bits per heavy atom. The molecule has 2 rings (SSSR count). The predicted octanol–water partition coefficient (Wildman–Crippen LogP) is 3.41. The summed E-state index contributed by atoms with van der Waals surface area (Å²) in [5.74, 6) is 1.69. The van der Waals surface area contributed by atoms with Crippen LogP contribution < -0.4 is 10.1 Å². The van der Waals surface area contributed by atoms with Gasteiger partial charge in [-0.3, -0.25) is 9.69 Å². The summed E-state index contributed by atoms with van der Waals surface area (Å²) in [5.41, 5.74) is 1.51. The number of rotatable bonds is 12. The largest absolute Gasteiger partial charge is 0.494 e. The van der Waals surface area contributed by atoms with Crippen molar-refractivity contribution in [2.75, 3.05) is 33.8 Å². The summed E-state index contributed by atoms with van der Waals surface area (Å²) in [7, 11) is 3.93. The minimum atomic E-state index is -0.207. The van der Waals surface area contributed by atoms with Crippen LogP contribution in [-0.4, -0.2) is 60.5 Å². The Balaban J connectivity index is 2.04. The maximum Gasteiger partial charge on any atom is 0.273 e. The van der Waals surface area contributed by atoms with E-state index in [0.717, 1.165) is 18.8 Å². The highest BCUT2D eigenvalue weighted by Crippen LogP contribution is 2.20. The molecule has 1 heterocycles. The Kier molecular flexibility index (Phi) is 9.33. The maximum atomic E-state index is 12.3. The second kappa shape index (κ2) is 11.7. The third-order valence-corrected chi connectivity index (χ3v) is 5.13. The first-order chi connectivity index (χ1) is 14.3. The molecule has 0 spiro atoms. The smallest absolute Gasteiger partial charge is 0.273 e. The first-order valence-corrected chi connectivity index (χ1v) is 10.6. The van der Waals surface area contributed by atoms with Crippen molar-refractivity contribution >= 4 is 5.91 Å². The van der Waals surface area contributed by atoms with Crippen LogP contribution in [0, 0.1) is 5.92 Å². The van der Waals surface area contributed by atoms with Gasteiger partial charge in [-0.2, -0.15) is 0 Å². The van der Waals surface area contributed by atoms with E-state index in [-0.39, 0.29) is 5.91 Å². The van der Waals surface area contributed by atoms with E-state index in [9.17, 15) is 4.79 Å². The number of likely N-dealkylation sites (N-methyl/N-ethyl adjacent to an activating group) is 1. The molecule has 7 nitrogen and oxygen atoms in total. The molecule has 1 N–H and O–H groups in total. The standard InChI is InChI=1S/C23H36N4O3/c1-7-29-20-10-8-19(9-11-20)14-27(18(4)17(2)3)15-22-25-21(16-30-22)23(28)24-12-13-26(5)6/h8-11,16-18H,7,12-15H2,1-6H3,(H,24,28)/t18-/m0/s1. The molecular weight excluding hydrogens is 380 g/mol. The van der Waals surface area contributed by atoms with E-state index in [1.54, 1.807) is 0 Å². The van der Waals surface area contributed by atoms with Gasteiger partial charge >= 0.3 is 0 Å². The number of nitrogens with zero attached hydrogens (tertiary/aromatic N) is 3. The highest BCUT2D eigenvalue weighted by Gasteiger charge is 2.21. The van der Waals surface area contributed by atoms with Crippen molar-refractivity contribution in [3.63, 3.8) is 0 Å². The van der Waals surface area contributed by atoms with Crippen LogP contribution in [0.25, 0.3) is 0 Å². The number of aromatic nitrogens is 1. The van der Waals surface area contributed by atoms with Crippen molar-refractivity contribution in [3.8, 4) is 5.75 Å². The van der Waals surface area contributed by atoms with Gasteiger partial charge < -0.3 is 19.4 Å². The molecule has 0 aliphatic rings. The molecule has 7 heteroatoms. The first kappa shape index (κ1) is 23.9. The second-order valence-corrected chi connectivity index (χ2v) is 8.15. The highest BCUT2D eigenvalue weighted by molar-refractivity contribution is 5.91. The summed E-state index contributed by atoms with van der Waals surface area (Å²) < 4.78 is 11.2. The summed E-state index contributed by atoms with van der Waals surface area (Å²) in [6.45, 7) is 11.9. The Hall–Kier alpha value is -2.38. The first-order valence-electron chi connectivity index (χ1n) is 10.6. The zero-order valence-electron chi connectivity index (χ0n) is 19.1. The lowest BCUT2D eigenvalue weighted by molar-refractivity contribution is 0.0945. The van der Waals surface area contributed by atoms with Crippen molar-refractivity contribution in [1.82, 2.24) is 20.1 Å². The molecule has 0 aliphatic carbocycles. The SMILES string of the molecule is CCOc1ccc(CN(Cc2nc(C(=O)NCCN(C)C)co2)[C@@H](C)C(C)C)cc1. The molecule has 0 unspecified atom stereocenters. The maximum absolute atomic E-state index is 12.3. The van der Waals surface area contributed by atoms with Crippen molar-refractivity contribution in [2.45, 2.75) is 46.8 Å². The normalized spacial score (nSPS) is 12.6. The minimum Gasteiger partial charge on any atom is -0.494 e. The topological polar surface area (TPSA) is 70.8 Å². The van der Waals surface area contributed by atoms with Crippen molar-refractivity contribution in [2.24, 2.45) is 5.92 Å². The van der Waals surface area contributed by atoms with Crippen molar-refractivity contribution in [1.29, 1.82) is 0 Å². The van der Waals surface area contributed by atoms with E-state index in [4.69, 9.17) is 9.15 Å². The third-order valence-electron chi connectivity index (χ3n) is 5.13. The van der Waals surface area contributed by atoms with Crippen LogP contribution in [-0.2, 0) is 13.1 Å². The van der Waals surface area contributed by atoms with Crippen molar-refractivity contribution < 1.29 is 13.9 Å². The van der Waals surface area contributed by atoms with E-state index in [1.807, 2.05) is 38.1 Å². The molecular formula is C23H36N4O3. The fourth-order valence-corrected chi connectivity index (χ4v) is 3.00. The lowest BCUT2D eigenvalue weighted by atomic mass is 10.0. The van der Waals surface area contributed by atoms with Gasteiger partial charge in [0.25, 0.3) is 5.91 Å². The monoisotopic (exact) mass is 416 g/mol. The van der Waals surface area contributed by atoms with Crippen molar-refractivity contribution in [3.05, 3.63) is 47.7 Å². The highest BCUT2D eigenvalue weighted by atomic mass is 16.5. The van der Waals surface area contributed by atoms with Crippen LogP contribution in [0.2, 0.25) is 0 Å². The van der Waals surface area contributed by atoms with Gasteiger partial charge in [-0.25, -0.2) is 4.98 Å². The van der Waals surface area contributed by atoms with Gasteiger partial charge in [0.15, 0.2) is 5.69 Å². The van der Waals surface area contributed by atoms with Gasteiger partial charge in [-0.05, 0) is 51.6 Å². The van der Waals surface area contributed by atoms with Crippen LogP contribution in [0.3, 0.4) is 0 Å². The summed E-state index contributed by atoms with van der Waals surface area (Å²) in [4.78, 5) is 21.0. The average Bonchev–Trinajstić information content (AvgIpc) is 3.17. The zero-order chi connectivity index (χ0) is 22.1. The number of carbonyl (C=O) groups excluding carboxylic acids is 1. The molecule has 30 heavy (non-hydrogen) atoms.